The number of ether oxygens (including phenoxy) is 1. The number of para-hydroxylation sites is 2. The number of benzene rings is 2. The van der Waals surface area contributed by atoms with Crippen LogP contribution >= 0.6 is 0 Å². The smallest absolute Gasteiger partial charge is 0.246 e. The Morgan fingerprint density at radius 1 is 1.17 bits per heavy atom. The molecule has 152 valence electrons. The van der Waals surface area contributed by atoms with E-state index in [-0.39, 0.29) is 5.91 Å². The number of fused-ring (bicyclic) bond motifs is 1. The number of carbonyl (C=O) groups is 1. The summed E-state index contributed by atoms with van der Waals surface area (Å²) in [7, 11) is 0. The monoisotopic (exact) mass is 391 g/mol. The van der Waals surface area contributed by atoms with Crippen LogP contribution in [-0.4, -0.2) is 22.1 Å². The Morgan fingerprint density at radius 2 is 1.97 bits per heavy atom. The second-order valence-corrected chi connectivity index (χ2v) is 7.46. The van der Waals surface area contributed by atoms with Crippen molar-refractivity contribution in [3.63, 3.8) is 0 Å². The minimum Gasteiger partial charge on any atom is -0.493 e. The number of hydrogen-bond donors (Lipinski definition) is 1. The van der Waals surface area contributed by atoms with Crippen LogP contribution in [0.2, 0.25) is 0 Å². The molecule has 5 heteroatoms. The average molecular weight is 392 g/mol. The lowest BCUT2D eigenvalue weighted by Gasteiger charge is -2.12. The van der Waals surface area contributed by atoms with Crippen molar-refractivity contribution >= 4 is 16.9 Å². The summed E-state index contributed by atoms with van der Waals surface area (Å²) in [6.45, 7) is 11.4. The van der Waals surface area contributed by atoms with Gasteiger partial charge >= 0.3 is 0 Å². The minimum atomic E-state index is -0.148. The Bertz CT molecular complexity index is 1020. The zero-order valence-corrected chi connectivity index (χ0v) is 17.5. The minimum absolute atomic E-state index is 0.148. The van der Waals surface area contributed by atoms with Crippen LogP contribution in [0.1, 0.15) is 36.7 Å². The molecule has 29 heavy (non-hydrogen) atoms. The largest absolute Gasteiger partial charge is 0.493 e. The van der Waals surface area contributed by atoms with E-state index in [1.54, 1.807) is 6.92 Å². The maximum absolute atomic E-state index is 11.9. The Hall–Kier alpha value is -3.08. The van der Waals surface area contributed by atoms with Crippen LogP contribution in [0.3, 0.4) is 0 Å². The summed E-state index contributed by atoms with van der Waals surface area (Å²) in [5.74, 6) is 1.66. The van der Waals surface area contributed by atoms with Crippen LogP contribution in [0, 0.1) is 13.8 Å². The van der Waals surface area contributed by atoms with Gasteiger partial charge in [0.2, 0.25) is 5.91 Å². The van der Waals surface area contributed by atoms with E-state index in [1.807, 2.05) is 24.3 Å². The van der Waals surface area contributed by atoms with E-state index in [0.717, 1.165) is 42.0 Å². The summed E-state index contributed by atoms with van der Waals surface area (Å²) in [5, 5.41) is 2.89. The number of aromatic nitrogens is 2. The molecule has 0 radical (unpaired) electrons. The lowest BCUT2D eigenvalue weighted by Crippen LogP contribution is -2.25. The van der Waals surface area contributed by atoms with Crippen molar-refractivity contribution in [2.45, 2.75) is 46.7 Å². The predicted octanol–water partition coefficient (Wildman–Crippen LogP) is 4.70. The number of unbranched alkanes of at least 4 members (excludes halogenated alkanes) is 1. The molecular formula is C24H29N3O2. The first-order valence-electron chi connectivity index (χ1n) is 10.0. The van der Waals surface area contributed by atoms with E-state index in [1.165, 1.54) is 11.1 Å². The van der Waals surface area contributed by atoms with Crippen LogP contribution in [0.25, 0.3) is 11.0 Å². The second kappa shape index (κ2) is 9.41. The van der Waals surface area contributed by atoms with Crippen molar-refractivity contribution in [1.29, 1.82) is 0 Å². The molecule has 0 atom stereocenters. The third-order valence-electron chi connectivity index (χ3n) is 4.89. The van der Waals surface area contributed by atoms with Gasteiger partial charge in [0.15, 0.2) is 0 Å². The normalized spacial score (nSPS) is 10.9. The number of amides is 1. The van der Waals surface area contributed by atoms with Crippen LogP contribution in [0.5, 0.6) is 5.75 Å². The highest BCUT2D eigenvalue weighted by Gasteiger charge is 2.11. The summed E-state index contributed by atoms with van der Waals surface area (Å²) in [6.07, 6.45) is 1.91. The zero-order valence-electron chi connectivity index (χ0n) is 17.5. The number of rotatable bonds is 9. The van der Waals surface area contributed by atoms with Gasteiger partial charge in [0, 0.05) is 12.1 Å². The number of imidazole rings is 1. The molecule has 0 unspecified atom stereocenters. The van der Waals surface area contributed by atoms with E-state index in [4.69, 9.17) is 9.72 Å². The molecule has 0 spiro atoms. The SMILES string of the molecule is C=C(C)C(=O)NCc1nc2ccccc2n1CCCCOc1ccc(C)cc1C. The summed E-state index contributed by atoms with van der Waals surface area (Å²) in [6, 6.07) is 14.3. The summed E-state index contributed by atoms with van der Waals surface area (Å²) >= 11 is 0. The molecule has 1 amide bonds. The summed E-state index contributed by atoms with van der Waals surface area (Å²) < 4.78 is 8.13. The van der Waals surface area contributed by atoms with Crippen molar-refractivity contribution in [1.82, 2.24) is 14.9 Å². The molecule has 0 aliphatic rings. The van der Waals surface area contributed by atoms with Crippen molar-refractivity contribution < 1.29 is 9.53 Å². The molecule has 0 saturated heterocycles. The molecule has 2 aromatic carbocycles. The Labute approximate surface area is 172 Å². The number of aryl methyl sites for hydroxylation is 3. The quantitative estimate of drug-likeness (QED) is 0.425. The number of hydrogen-bond acceptors (Lipinski definition) is 3. The highest BCUT2D eigenvalue weighted by Crippen LogP contribution is 2.20. The van der Waals surface area contributed by atoms with Gasteiger partial charge < -0.3 is 14.6 Å². The third-order valence-corrected chi connectivity index (χ3v) is 4.89. The maximum Gasteiger partial charge on any atom is 0.246 e. The fourth-order valence-electron chi connectivity index (χ4n) is 3.34. The topological polar surface area (TPSA) is 56.2 Å². The van der Waals surface area contributed by atoms with Gasteiger partial charge in [0.05, 0.1) is 24.2 Å². The predicted molar refractivity (Wildman–Crippen MR) is 117 cm³/mol. The molecule has 0 bridgehead atoms. The fourth-order valence-corrected chi connectivity index (χ4v) is 3.34. The van der Waals surface area contributed by atoms with Crippen LogP contribution in [-0.2, 0) is 17.9 Å². The Morgan fingerprint density at radius 3 is 2.72 bits per heavy atom. The highest BCUT2D eigenvalue weighted by atomic mass is 16.5. The van der Waals surface area contributed by atoms with Gasteiger partial charge in [0.25, 0.3) is 0 Å². The van der Waals surface area contributed by atoms with Crippen molar-refractivity contribution in [2.75, 3.05) is 6.61 Å². The molecule has 0 fully saturated rings. The van der Waals surface area contributed by atoms with Crippen LogP contribution in [0.15, 0.2) is 54.6 Å². The van der Waals surface area contributed by atoms with E-state index in [0.29, 0.717) is 18.7 Å². The van der Waals surface area contributed by atoms with Crippen LogP contribution < -0.4 is 10.1 Å². The molecule has 3 aromatic rings. The second-order valence-electron chi connectivity index (χ2n) is 7.46. The Balaban J connectivity index is 1.60. The summed E-state index contributed by atoms with van der Waals surface area (Å²) in [4.78, 5) is 16.6. The molecule has 1 N–H and O–H groups in total. The molecular weight excluding hydrogens is 362 g/mol. The summed E-state index contributed by atoms with van der Waals surface area (Å²) in [5.41, 5.74) is 4.94. The van der Waals surface area contributed by atoms with Gasteiger partial charge in [-0.25, -0.2) is 4.98 Å². The molecule has 3 rings (SSSR count). The van der Waals surface area contributed by atoms with Gasteiger partial charge in [-0.15, -0.1) is 0 Å². The fraction of sp³-hybridized carbons (Fsp3) is 0.333. The molecule has 5 nitrogen and oxygen atoms in total. The number of nitrogens with one attached hydrogen (secondary N) is 1. The van der Waals surface area contributed by atoms with Gasteiger partial charge in [0.1, 0.15) is 11.6 Å². The van der Waals surface area contributed by atoms with Crippen molar-refractivity contribution in [2.24, 2.45) is 0 Å². The van der Waals surface area contributed by atoms with Crippen molar-refractivity contribution in [3.05, 3.63) is 71.6 Å². The zero-order chi connectivity index (χ0) is 20.8. The van der Waals surface area contributed by atoms with E-state index in [9.17, 15) is 4.79 Å². The van der Waals surface area contributed by atoms with Gasteiger partial charge in [-0.1, -0.05) is 36.4 Å². The molecule has 1 heterocycles. The number of nitrogens with zero attached hydrogens (tertiary/aromatic N) is 2. The van der Waals surface area contributed by atoms with Gasteiger partial charge in [-0.2, -0.15) is 0 Å². The maximum atomic E-state index is 11.9. The lowest BCUT2D eigenvalue weighted by molar-refractivity contribution is -0.117. The first-order valence-corrected chi connectivity index (χ1v) is 10.0. The van der Waals surface area contributed by atoms with Crippen molar-refractivity contribution in [3.8, 4) is 5.75 Å². The van der Waals surface area contributed by atoms with E-state index in [2.05, 4.69) is 48.5 Å². The highest BCUT2D eigenvalue weighted by molar-refractivity contribution is 5.92. The third kappa shape index (κ3) is 5.25. The van der Waals surface area contributed by atoms with Crippen LogP contribution in [0.4, 0.5) is 0 Å². The Kier molecular flexibility index (Phi) is 6.70. The van der Waals surface area contributed by atoms with E-state index >= 15 is 0 Å². The van der Waals surface area contributed by atoms with Gasteiger partial charge in [-0.05, 0) is 57.4 Å². The lowest BCUT2D eigenvalue weighted by atomic mass is 10.1. The van der Waals surface area contributed by atoms with Gasteiger partial charge in [-0.3, -0.25) is 4.79 Å². The first kappa shape index (κ1) is 20.6. The number of carbonyl (C=O) groups excluding carboxylic acids is 1. The molecule has 0 aliphatic carbocycles. The molecule has 1 aromatic heterocycles. The molecule has 0 saturated carbocycles. The van der Waals surface area contributed by atoms with E-state index < -0.39 is 0 Å². The first-order chi connectivity index (χ1) is 14.0. The molecule has 0 aliphatic heterocycles. The average Bonchev–Trinajstić information content (AvgIpc) is 3.04. The standard InChI is InChI=1S/C24H29N3O2/c1-17(2)24(28)25-16-23-26-20-9-5-6-10-21(20)27(23)13-7-8-14-29-22-12-11-18(3)15-19(22)4/h5-6,9-12,15H,1,7-8,13-14,16H2,2-4H3,(H,25,28).